The molecule has 1 unspecified atom stereocenters. The van der Waals surface area contributed by atoms with Gasteiger partial charge in [-0.1, -0.05) is 34.8 Å². The SMILES string of the molecule is CC(C)OP(=O)(O)OCC(Cl)(Cl)Cl. The molecular weight excluding hydrogens is 261 g/mol. The van der Waals surface area contributed by atoms with Crippen LogP contribution in [0.5, 0.6) is 0 Å². The van der Waals surface area contributed by atoms with Crippen molar-refractivity contribution < 1.29 is 18.5 Å². The zero-order valence-corrected chi connectivity index (χ0v) is 10.2. The van der Waals surface area contributed by atoms with Crippen molar-refractivity contribution in [3.63, 3.8) is 0 Å². The molecule has 1 N–H and O–H groups in total. The van der Waals surface area contributed by atoms with Gasteiger partial charge < -0.3 is 4.89 Å². The first-order chi connectivity index (χ1) is 5.62. The van der Waals surface area contributed by atoms with Gasteiger partial charge >= 0.3 is 7.82 Å². The summed E-state index contributed by atoms with van der Waals surface area (Å²) in [4.78, 5) is 8.98. The number of hydrogen-bond acceptors (Lipinski definition) is 3. The summed E-state index contributed by atoms with van der Waals surface area (Å²) >= 11 is 15.9. The first-order valence-corrected chi connectivity index (χ1v) is 5.98. The van der Waals surface area contributed by atoms with Crippen molar-refractivity contribution in [1.82, 2.24) is 0 Å². The smallest absolute Gasteiger partial charge is 0.302 e. The van der Waals surface area contributed by atoms with Crippen molar-refractivity contribution in [3.8, 4) is 0 Å². The summed E-state index contributed by atoms with van der Waals surface area (Å²) < 4.78 is 18.2. The highest BCUT2D eigenvalue weighted by atomic mass is 35.6. The van der Waals surface area contributed by atoms with Crippen LogP contribution < -0.4 is 0 Å². The Morgan fingerprint density at radius 1 is 1.46 bits per heavy atom. The van der Waals surface area contributed by atoms with Crippen LogP contribution in [0.25, 0.3) is 0 Å². The molecule has 0 aromatic rings. The second kappa shape index (κ2) is 5.17. The van der Waals surface area contributed by atoms with E-state index in [1.165, 1.54) is 0 Å². The van der Waals surface area contributed by atoms with Gasteiger partial charge in [0.2, 0.25) is 3.79 Å². The molecule has 0 aliphatic rings. The number of phosphoric acid groups is 1. The van der Waals surface area contributed by atoms with Crippen molar-refractivity contribution in [3.05, 3.63) is 0 Å². The van der Waals surface area contributed by atoms with Crippen LogP contribution in [0.2, 0.25) is 0 Å². The first kappa shape index (κ1) is 14.0. The van der Waals surface area contributed by atoms with Crippen LogP contribution in [-0.2, 0) is 13.6 Å². The van der Waals surface area contributed by atoms with Gasteiger partial charge in [0.25, 0.3) is 0 Å². The topological polar surface area (TPSA) is 55.8 Å². The Hall–Kier alpha value is 0.980. The summed E-state index contributed by atoms with van der Waals surface area (Å²) in [7, 11) is -4.10. The molecule has 0 aliphatic heterocycles. The van der Waals surface area contributed by atoms with Crippen LogP contribution in [0.15, 0.2) is 0 Å². The van der Waals surface area contributed by atoms with E-state index in [9.17, 15) is 4.57 Å². The Morgan fingerprint density at radius 3 is 2.23 bits per heavy atom. The molecule has 0 aliphatic carbocycles. The molecule has 0 aromatic heterocycles. The third-order valence-electron chi connectivity index (χ3n) is 0.735. The van der Waals surface area contributed by atoms with Crippen molar-refractivity contribution in [1.29, 1.82) is 0 Å². The maximum Gasteiger partial charge on any atom is 0.472 e. The van der Waals surface area contributed by atoms with E-state index in [2.05, 4.69) is 9.05 Å². The molecule has 0 rings (SSSR count). The largest absolute Gasteiger partial charge is 0.472 e. The van der Waals surface area contributed by atoms with Gasteiger partial charge in [-0.05, 0) is 13.8 Å². The zero-order chi connectivity index (χ0) is 10.7. The third kappa shape index (κ3) is 9.29. The lowest BCUT2D eigenvalue weighted by atomic mass is 10.5. The molecule has 0 spiro atoms. The van der Waals surface area contributed by atoms with Gasteiger partial charge in [0, 0.05) is 0 Å². The highest BCUT2D eigenvalue weighted by Crippen LogP contribution is 2.46. The van der Waals surface area contributed by atoms with Gasteiger partial charge in [-0.15, -0.1) is 0 Å². The molecule has 1 atom stereocenters. The molecule has 0 heterocycles. The Kier molecular flexibility index (Phi) is 5.56. The Labute approximate surface area is 91.7 Å². The molecule has 0 fully saturated rings. The number of alkyl halides is 3. The predicted octanol–water partition coefficient (Wildman–Crippen LogP) is 2.90. The maximum absolute atomic E-state index is 11.0. The van der Waals surface area contributed by atoms with E-state index < -0.39 is 24.3 Å². The minimum Gasteiger partial charge on any atom is -0.302 e. The third-order valence-corrected chi connectivity index (χ3v) is 2.21. The molecule has 0 radical (unpaired) electrons. The standard InChI is InChI=1S/C5H10Cl3O4P/c1-4(2)12-13(9,10)11-3-5(6,7)8/h4H,3H2,1-2H3,(H,9,10). The number of phosphoric ester groups is 1. The Morgan fingerprint density at radius 2 is 1.92 bits per heavy atom. The van der Waals surface area contributed by atoms with Gasteiger partial charge in [0.15, 0.2) is 0 Å². The van der Waals surface area contributed by atoms with Crippen LogP contribution in [0.4, 0.5) is 0 Å². The lowest BCUT2D eigenvalue weighted by molar-refractivity contribution is 0.122. The van der Waals surface area contributed by atoms with Gasteiger partial charge in [-0.2, -0.15) is 0 Å². The minimum absolute atomic E-state index is 0.439. The van der Waals surface area contributed by atoms with Crippen molar-refractivity contribution in [2.75, 3.05) is 6.61 Å². The number of rotatable bonds is 4. The highest BCUT2D eigenvalue weighted by Gasteiger charge is 2.29. The van der Waals surface area contributed by atoms with Gasteiger partial charge in [-0.25, -0.2) is 4.57 Å². The summed E-state index contributed by atoms with van der Waals surface area (Å²) in [5.74, 6) is 0. The average molecular weight is 271 g/mol. The van der Waals surface area contributed by atoms with E-state index in [1.54, 1.807) is 13.8 Å². The van der Waals surface area contributed by atoms with E-state index in [4.69, 9.17) is 39.7 Å². The highest BCUT2D eigenvalue weighted by molar-refractivity contribution is 7.47. The molecule has 80 valence electrons. The second-order valence-corrected chi connectivity index (χ2v) is 6.43. The van der Waals surface area contributed by atoms with E-state index in [0.717, 1.165) is 0 Å². The lowest BCUT2D eigenvalue weighted by Gasteiger charge is -2.17. The molecule has 0 bridgehead atoms. The molecule has 4 nitrogen and oxygen atoms in total. The second-order valence-electron chi connectivity index (χ2n) is 2.51. The summed E-state index contributed by atoms with van der Waals surface area (Å²) in [6, 6.07) is 0. The molecule has 0 saturated carbocycles. The van der Waals surface area contributed by atoms with E-state index in [0.29, 0.717) is 0 Å². The summed E-state index contributed by atoms with van der Waals surface area (Å²) in [5, 5.41) is 0. The number of hydrogen-bond donors (Lipinski definition) is 1. The normalized spacial score (nSPS) is 17.5. The minimum atomic E-state index is -4.10. The Balaban J connectivity index is 3.97. The quantitative estimate of drug-likeness (QED) is 0.631. The molecule has 0 saturated heterocycles. The first-order valence-electron chi connectivity index (χ1n) is 3.35. The van der Waals surface area contributed by atoms with Crippen molar-refractivity contribution in [2.45, 2.75) is 23.7 Å². The number of halogens is 3. The van der Waals surface area contributed by atoms with E-state index in [1.807, 2.05) is 0 Å². The lowest BCUT2D eigenvalue weighted by Crippen LogP contribution is -2.13. The van der Waals surface area contributed by atoms with Crippen LogP contribution in [-0.4, -0.2) is 21.4 Å². The van der Waals surface area contributed by atoms with Gasteiger partial charge in [0.05, 0.1) is 6.10 Å². The maximum atomic E-state index is 11.0. The predicted molar refractivity (Wildman–Crippen MR) is 52.3 cm³/mol. The summed E-state index contributed by atoms with van der Waals surface area (Å²) in [6.45, 7) is 2.67. The van der Waals surface area contributed by atoms with Crippen molar-refractivity contribution in [2.24, 2.45) is 0 Å². The summed E-state index contributed by atoms with van der Waals surface area (Å²) in [5.41, 5.74) is 0. The van der Waals surface area contributed by atoms with E-state index in [-0.39, 0.29) is 0 Å². The van der Waals surface area contributed by atoms with Crippen LogP contribution in [0.3, 0.4) is 0 Å². The molecule has 0 amide bonds. The average Bonchev–Trinajstić information content (AvgIpc) is 1.79. The van der Waals surface area contributed by atoms with Gasteiger partial charge in [-0.3, -0.25) is 9.05 Å². The monoisotopic (exact) mass is 270 g/mol. The van der Waals surface area contributed by atoms with Crippen molar-refractivity contribution >= 4 is 42.6 Å². The molecule has 0 aromatic carbocycles. The van der Waals surface area contributed by atoms with Crippen LogP contribution >= 0.6 is 42.6 Å². The van der Waals surface area contributed by atoms with Gasteiger partial charge in [0.1, 0.15) is 6.61 Å². The zero-order valence-electron chi connectivity index (χ0n) is 7.04. The molecule has 8 heteroatoms. The van der Waals surface area contributed by atoms with Crippen LogP contribution in [0, 0.1) is 0 Å². The fraction of sp³-hybridized carbons (Fsp3) is 1.00. The molecular formula is C5H10Cl3O4P. The van der Waals surface area contributed by atoms with E-state index >= 15 is 0 Å². The fourth-order valence-corrected chi connectivity index (χ4v) is 1.79. The van der Waals surface area contributed by atoms with Crippen LogP contribution in [0.1, 0.15) is 13.8 Å². The Bertz CT molecular complexity index is 202. The summed E-state index contributed by atoms with van der Waals surface area (Å²) in [6.07, 6.45) is -0.439. The fourth-order valence-electron chi connectivity index (χ4n) is 0.452. The molecule has 13 heavy (non-hydrogen) atoms.